The summed E-state index contributed by atoms with van der Waals surface area (Å²) in [5.74, 6) is 0.224. The van der Waals surface area contributed by atoms with Crippen molar-refractivity contribution in [3.05, 3.63) is 106 Å². The minimum Gasteiger partial charge on any atom is -0.330 e. The predicted octanol–water partition coefficient (Wildman–Crippen LogP) is 5.96. The second kappa shape index (κ2) is 14.0. The Kier molecular flexibility index (Phi) is 10.2. The Morgan fingerprint density at radius 2 is 1.34 bits per heavy atom. The van der Waals surface area contributed by atoms with Crippen LogP contribution in [-0.4, -0.2) is 29.1 Å². The molecule has 1 heterocycles. The maximum Gasteiger partial charge on any atom is 0.323 e. The first-order valence-corrected chi connectivity index (χ1v) is 13.6. The van der Waals surface area contributed by atoms with E-state index >= 15 is 0 Å². The second-order valence-electron chi connectivity index (χ2n) is 10.1. The topological polar surface area (TPSA) is 86.7 Å². The van der Waals surface area contributed by atoms with Crippen LogP contribution in [0.3, 0.4) is 0 Å². The SMILES string of the molecule is NCCCc1ccc(F)cc1.O=c1[nH]c2ccc(C3CCC(NCCCc4ccc(F)cc4)CC3)cc2[nH]1. The van der Waals surface area contributed by atoms with Crippen LogP contribution in [0.4, 0.5) is 8.78 Å². The quantitative estimate of drug-likeness (QED) is 0.205. The minimum atomic E-state index is -0.179. The van der Waals surface area contributed by atoms with E-state index in [0.717, 1.165) is 48.8 Å². The molecule has 5 N–H and O–H groups in total. The molecule has 0 saturated heterocycles. The van der Waals surface area contributed by atoms with Gasteiger partial charge in [0.1, 0.15) is 11.6 Å². The molecule has 5 rings (SSSR count). The number of H-pyrrole nitrogens is 2. The van der Waals surface area contributed by atoms with Gasteiger partial charge in [-0.2, -0.15) is 0 Å². The molecule has 0 unspecified atom stereocenters. The van der Waals surface area contributed by atoms with Crippen molar-refractivity contribution in [2.24, 2.45) is 5.73 Å². The van der Waals surface area contributed by atoms with Gasteiger partial charge in [-0.1, -0.05) is 30.3 Å². The third-order valence-corrected chi connectivity index (χ3v) is 7.31. The molecule has 38 heavy (non-hydrogen) atoms. The number of hydrogen-bond donors (Lipinski definition) is 4. The maximum absolute atomic E-state index is 12.9. The Balaban J connectivity index is 0.000000257. The van der Waals surface area contributed by atoms with E-state index in [1.165, 1.54) is 61.1 Å². The Labute approximate surface area is 222 Å². The highest BCUT2D eigenvalue weighted by atomic mass is 19.1. The highest BCUT2D eigenvalue weighted by molar-refractivity contribution is 5.75. The number of nitrogens with one attached hydrogen (secondary N) is 3. The summed E-state index contributed by atoms with van der Waals surface area (Å²) in [6.45, 7) is 1.70. The lowest BCUT2D eigenvalue weighted by Gasteiger charge is -2.29. The van der Waals surface area contributed by atoms with Gasteiger partial charge in [0.2, 0.25) is 0 Å². The predicted molar refractivity (Wildman–Crippen MR) is 150 cm³/mol. The van der Waals surface area contributed by atoms with E-state index in [1.54, 1.807) is 12.1 Å². The summed E-state index contributed by atoms with van der Waals surface area (Å²) in [5, 5.41) is 3.68. The smallest absolute Gasteiger partial charge is 0.323 e. The van der Waals surface area contributed by atoms with Crippen molar-refractivity contribution in [3.63, 3.8) is 0 Å². The normalized spacial score (nSPS) is 17.2. The molecule has 1 fully saturated rings. The molecule has 0 bridgehead atoms. The van der Waals surface area contributed by atoms with Crippen LogP contribution in [0.2, 0.25) is 0 Å². The molecule has 1 aliphatic carbocycles. The van der Waals surface area contributed by atoms with E-state index in [1.807, 2.05) is 18.2 Å². The number of halogens is 2. The Morgan fingerprint density at radius 1 is 0.763 bits per heavy atom. The van der Waals surface area contributed by atoms with Crippen molar-refractivity contribution in [3.8, 4) is 0 Å². The number of benzene rings is 3. The largest absolute Gasteiger partial charge is 0.330 e. The lowest BCUT2D eigenvalue weighted by Crippen LogP contribution is -2.33. The van der Waals surface area contributed by atoms with Crippen molar-refractivity contribution in [1.29, 1.82) is 0 Å². The van der Waals surface area contributed by atoms with E-state index in [2.05, 4.69) is 27.4 Å². The highest BCUT2D eigenvalue weighted by Gasteiger charge is 2.22. The van der Waals surface area contributed by atoms with Gasteiger partial charge in [-0.15, -0.1) is 0 Å². The number of hydrogen-bond acceptors (Lipinski definition) is 3. The first-order valence-electron chi connectivity index (χ1n) is 13.6. The lowest BCUT2D eigenvalue weighted by molar-refractivity contribution is 0.342. The molecule has 0 atom stereocenters. The fraction of sp³-hybridized carbons (Fsp3) is 0.387. The van der Waals surface area contributed by atoms with Gasteiger partial charge < -0.3 is 21.0 Å². The highest BCUT2D eigenvalue weighted by Crippen LogP contribution is 2.33. The van der Waals surface area contributed by atoms with Crippen molar-refractivity contribution in [2.45, 2.75) is 63.3 Å². The van der Waals surface area contributed by atoms with Crippen LogP contribution in [0.25, 0.3) is 11.0 Å². The van der Waals surface area contributed by atoms with Crippen molar-refractivity contribution >= 4 is 11.0 Å². The van der Waals surface area contributed by atoms with Crippen LogP contribution in [0.15, 0.2) is 71.5 Å². The average molecular weight is 521 g/mol. The molecule has 1 aliphatic rings. The molecule has 1 saturated carbocycles. The molecule has 1 aromatic heterocycles. The first-order chi connectivity index (χ1) is 18.5. The zero-order chi connectivity index (χ0) is 26.7. The number of aromatic amines is 2. The lowest BCUT2D eigenvalue weighted by atomic mass is 9.81. The first kappa shape index (κ1) is 27.7. The fourth-order valence-electron chi connectivity index (χ4n) is 5.14. The van der Waals surface area contributed by atoms with E-state index < -0.39 is 0 Å². The summed E-state index contributed by atoms with van der Waals surface area (Å²) in [7, 11) is 0. The van der Waals surface area contributed by atoms with E-state index in [0.29, 0.717) is 18.5 Å². The monoisotopic (exact) mass is 520 g/mol. The molecule has 0 aliphatic heterocycles. The number of aromatic nitrogens is 2. The summed E-state index contributed by atoms with van der Waals surface area (Å²) in [6, 6.07) is 20.2. The molecule has 0 radical (unpaired) electrons. The Hall–Kier alpha value is -3.29. The van der Waals surface area contributed by atoms with Crippen molar-refractivity contribution in [2.75, 3.05) is 13.1 Å². The van der Waals surface area contributed by atoms with Gasteiger partial charge in [0.25, 0.3) is 0 Å². The van der Waals surface area contributed by atoms with Gasteiger partial charge in [-0.3, -0.25) is 0 Å². The van der Waals surface area contributed by atoms with Crippen LogP contribution >= 0.6 is 0 Å². The molecule has 5 nitrogen and oxygen atoms in total. The van der Waals surface area contributed by atoms with E-state index in [-0.39, 0.29) is 17.3 Å². The third kappa shape index (κ3) is 8.36. The molecule has 7 heteroatoms. The van der Waals surface area contributed by atoms with Crippen LogP contribution in [-0.2, 0) is 12.8 Å². The van der Waals surface area contributed by atoms with Gasteiger partial charge in [0.15, 0.2) is 0 Å². The second-order valence-corrected chi connectivity index (χ2v) is 10.1. The Morgan fingerprint density at radius 3 is 1.95 bits per heavy atom. The number of fused-ring (bicyclic) bond motifs is 1. The minimum absolute atomic E-state index is 0.143. The summed E-state index contributed by atoms with van der Waals surface area (Å²) in [6.07, 6.45) is 8.68. The molecule has 3 aromatic carbocycles. The van der Waals surface area contributed by atoms with E-state index in [9.17, 15) is 13.6 Å². The van der Waals surface area contributed by atoms with Gasteiger partial charge in [-0.05, 0) is 123 Å². The number of nitrogens with two attached hydrogens (primary N) is 1. The number of rotatable bonds is 9. The molecule has 0 amide bonds. The summed E-state index contributed by atoms with van der Waals surface area (Å²) < 4.78 is 25.3. The van der Waals surface area contributed by atoms with Crippen LogP contribution < -0.4 is 16.7 Å². The molecular weight excluding hydrogens is 482 g/mol. The third-order valence-electron chi connectivity index (χ3n) is 7.31. The van der Waals surface area contributed by atoms with Crippen molar-refractivity contribution in [1.82, 2.24) is 15.3 Å². The number of aryl methyl sites for hydroxylation is 2. The summed E-state index contributed by atoms with van der Waals surface area (Å²) in [4.78, 5) is 17.1. The molecule has 4 aromatic rings. The van der Waals surface area contributed by atoms with Gasteiger partial charge in [0.05, 0.1) is 11.0 Å². The Bertz CT molecular complexity index is 1310. The van der Waals surface area contributed by atoms with Gasteiger partial charge in [0, 0.05) is 6.04 Å². The zero-order valence-corrected chi connectivity index (χ0v) is 21.8. The molecule has 0 spiro atoms. The van der Waals surface area contributed by atoms with Gasteiger partial charge >= 0.3 is 5.69 Å². The maximum atomic E-state index is 12.9. The zero-order valence-electron chi connectivity index (χ0n) is 21.8. The van der Waals surface area contributed by atoms with Crippen LogP contribution in [0.5, 0.6) is 0 Å². The fourth-order valence-corrected chi connectivity index (χ4v) is 5.14. The van der Waals surface area contributed by atoms with Crippen LogP contribution in [0.1, 0.15) is 61.1 Å². The van der Waals surface area contributed by atoms with Crippen molar-refractivity contribution < 1.29 is 8.78 Å². The molecule has 202 valence electrons. The molecular formula is C31H38F2N4O. The standard InChI is InChI=1S/C22H26FN3O.C9H12FN/c23-18-8-3-15(4-9-18)2-1-13-24-19-10-5-16(6-11-19)17-7-12-20-21(14-17)26-22(27)25-20;10-9-5-3-8(4-6-9)2-1-7-11/h3-4,7-9,12,14,16,19,24H,1-2,5-6,10-11,13H2,(H2,25,26,27);3-6H,1-2,7,11H2. The summed E-state index contributed by atoms with van der Waals surface area (Å²) in [5.41, 5.74) is 10.6. The van der Waals surface area contributed by atoms with Gasteiger partial charge in [-0.25, -0.2) is 13.6 Å². The average Bonchev–Trinajstić information content (AvgIpc) is 3.32. The van der Waals surface area contributed by atoms with E-state index in [4.69, 9.17) is 5.73 Å². The van der Waals surface area contributed by atoms with Crippen LogP contribution in [0, 0.1) is 11.6 Å². The number of imidazole rings is 1. The summed E-state index contributed by atoms with van der Waals surface area (Å²) >= 11 is 0.